The molecule has 0 unspecified atom stereocenters. The molecule has 2 rings (SSSR count). The molecule has 2 amide bonds. The summed E-state index contributed by atoms with van der Waals surface area (Å²) in [6.45, 7) is 2.72. The molecule has 150 valence electrons. The number of ether oxygens (including phenoxy) is 3. The Kier molecular flexibility index (Phi) is 7.68. The molecule has 0 spiro atoms. The smallest absolute Gasteiger partial charge is 0.251 e. The maximum Gasteiger partial charge on any atom is 0.251 e. The van der Waals surface area contributed by atoms with E-state index in [2.05, 4.69) is 5.32 Å². The van der Waals surface area contributed by atoms with Crippen molar-refractivity contribution in [3.8, 4) is 17.2 Å². The third-order valence-corrected chi connectivity index (χ3v) is 4.29. The summed E-state index contributed by atoms with van der Waals surface area (Å²) in [5.74, 6) is 1.51. The van der Waals surface area contributed by atoms with Crippen LogP contribution in [0.5, 0.6) is 17.2 Å². The summed E-state index contributed by atoms with van der Waals surface area (Å²) < 4.78 is 15.5. The van der Waals surface area contributed by atoms with Gasteiger partial charge < -0.3 is 24.4 Å². The molecular weight excluding hydrogens is 360 g/mol. The van der Waals surface area contributed by atoms with Crippen molar-refractivity contribution >= 4 is 11.8 Å². The fraction of sp³-hybridized carbons (Fsp3) is 0.333. The van der Waals surface area contributed by atoms with Crippen LogP contribution < -0.4 is 19.5 Å². The Labute approximate surface area is 165 Å². The minimum Gasteiger partial charge on any atom is -0.497 e. The standard InChI is InChI=1S/C21H26N2O5/c1-15(24)23(14-16-5-8-18(26-2)9-6-16)12-11-22-21(25)17-7-10-19(27-3)20(13-17)28-4/h5-10,13H,11-12,14H2,1-4H3,(H,22,25). The van der Waals surface area contributed by atoms with Crippen molar-refractivity contribution in [2.45, 2.75) is 13.5 Å². The van der Waals surface area contributed by atoms with Gasteiger partial charge in [-0.25, -0.2) is 0 Å². The zero-order valence-corrected chi connectivity index (χ0v) is 16.7. The van der Waals surface area contributed by atoms with Crippen LogP contribution in [0, 0.1) is 0 Å². The van der Waals surface area contributed by atoms with Crippen LogP contribution in [0.2, 0.25) is 0 Å². The lowest BCUT2D eigenvalue weighted by molar-refractivity contribution is -0.129. The zero-order chi connectivity index (χ0) is 20.5. The first-order valence-electron chi connectivity index (χ1n) is 8.87. The SMILES string of the molecule is COc1ccc(CN(CCNC(=O)c2ccc(OC)c(OC)c2)C(C)=O)cc1. The van der Waals surface area contributed by atoms with Gasteiger partial charge in [-0.3, -0.25) is 9.59 Å². The fourth-order valence-corrected chi connectivity index (χ4v) is 2.68. The average Bonchev–Trinajstić information content (AvgIpc) is 2.72. The Morgan fingerprint density at radius 2 is 1.61 bits per heavy atom. The summed E-state index contributed by atoms with van der Waals surface area (Å²) in [5.41, 5.74) is 1.45. The first kappa shape index (κ1) is 21.1. The van der Waals surface area contributed by atoms with Gasteiger partial charge in [-0.05, 0) is 35.9 Å². The van der Waals surface area contributed by atoms with Crippen LogP contribution in [0.25, 0.3) is 0 Å². The van der Waals surface area contributed by atoms with Crippen molar-refractivity contribution in [2.24, 2.45) is 0 Å². The van der Waals surface area contributed by atoms with E-state index in [1.54, 1.807) is 30.2 Å². The summed E-state index contributed by atoms with van der Waals surface area (Å²) in [5, 5.41) is 2.83. The molecule has 2 aromatic rings. The number of carbonyl (C=O) groups is 2. The minimum absolute atomic E-state index is 0.0591. The molecule has 28 heavy (non-hydrogen) atoms. The zero-order valence-electron chi connectivity index (χ0n) is 16.7. The van der Waals surface area contributed by atoms with Gasteiger partial charge >= 0.3 is 0 Å². The number of methoxy groups -OCH3 is 3. The fourth-order valence-electron chi connectivity index (χ4n) is 2.68. The van der Waals surface area contributed by atoms with Crippen molar-refractivity contribution in [3.63, 3.8) is 0 Å². The topological polar surface area (TPSA) is 77.1 Å². The van der Waals surface area contributed by atoms with E-state index in [1.165, 1.54) is 21.1 Å². The van der Waals surface area contributed by atoms with E-state index < -0.39 is 0 Å². The maximum atomic E-state index is 12.4. The van der Waals surface area contributed by atoms with Crippen molar-refractivity contribution in [1.29, 1.82) is 0 Å². The molecule has 0 fully saturated rings. The van der Waals surface area contributed by atoms with Gasteiger partial charge in [-0.1, -0.05) is 12.1 Å². The normalized spacial score (nSPS) is 10.1. The number of benzene rings is 2. The second-order valence-corrected chi connectivity index (χ2v) is 6.11. The lowest BCUT2D eigenvalue weighted by Crippen LogP contribution is -2.37. The molecule has 1 N–H and O–H groups in total. The molecule has 0 aliphatic rings. The van der Waals surface area contributed by atoms with Gasteiger partial charge in [0, 0.05) is 32.1 Å². The van der Waals surface area contributed by atoms with E-state index in [9.17, 15) is 9.59 Å². The summed E-state index contributed by atoms with van der Waals surface area (Å²) in [6, 6.07) is 12.5. The number of amides is 2. The molecule has 0 atom stereocenters. The number of hydrogen-bond acceptors (Lipinski definition) is 5. The Morgan fingerprint density at radius 1 is 0.929 bits per heavy atom. The van der Waals surface area contributed by atoms with Gasteiger partial charge in [0.15, 0.2) is 11.5 Å². The number of nitrogens with one attached hydrogen (secondary N) is 1. The summed E-state index contributed by atoms with van der Waals surface area (Å²) in [4.78, 5) is 26.0. The van der Waals surface area contributed by atoms with Gasteiger partial charge in [0.25, 0.3) is 5.91 Å². The maximum absolute atomic E-state index is 12.4. The van der Waals surface area contributed by atoms with E-state index in [4.69, 9.17) is 14.2 Å². The van der Waals surface area contributed by atoms with E-state index >= 15 is 0 Å². The molecule has 7 nitrogen and oxygen atoms in total. The number of nitrogens with zero attached hydrogens (tertiary/aromatic N) is 1. The van der Waals surface area contributed by atoms with Crippen molar-refractivity contribution in [1.82, 2.24) is 10.2 Å². The van der Waals surface area contributed by atoms with E-state index in [0.717, 1.165) is 11.3 Å². The lowest BCUT2D eigenvalue weighted by atomic mass is 10.2. The third kappa shape index (κ3) is 5.64. The van der Waals surface area contributed by atoms with Gasteiger partial charge in [0.2, 0.25) is 5.91 Å². The van der Waals surface area contributed by atoms with Gasteiger partial charge in [0.1, 0.15) is 5.75 Å². The molecular formula is C21H26N2O5. The molecule has 0 bridgehead atoms. The number of carbonyl (C=O) groups excluding carboxylic acids is 2. The molecule has 0 aromatic heterocycles. The largest absolute Gasteiger partial charge is 0.497 e. The van der Waals surface area contributed by atoms with E-state index in [0.29, 0.717) is 36.7 Å². The Balaban J connectivity index is 1.93. The van der Waals surface area contributed by atoms with Crippen molar-refractivity contribution < 1.29 is 23.8 Å². The van der Waals surface area contributed by atoms with E-state index in [-0.39, 0.29) is 11.8 Å². The second kappa shape index (κ2) is 10.2. The molecule has 0 heterocycles. The van der Waals surface area contributed by atoms with Crippen LogP contribution in [-0.4, -0.2) is 51.1 Å². The van der Waals surface area contributed by atoms with Crippen LogP contribution in [0.4, 0.5) is 0 Å². The monoisotopic (exact) mass is 386 g/mol. The highest BCUT2D eigenvalue weighted by Crippen LogP contribution is 2.27. The molecule has 7 heteroatoms. The molecule has 0 saturated carbocycles. The first-order chi connectivity index (χ1) is 13.5. The molecule has 0 radical (unpaired) electrons. The van der Waals surface area contributed by atoms with Crippen LogP contribution in [0.15, 0.2) is 42.5 Å². The number of rotatable bonds is 9. The highest BCUT2D eigenvalue weighted by atomic mass is 16.5. The molecule has 0 aliphatic carbocycles. The second-order valence-electron chi connectivity index (χ2n) is 6.11. The van der Waals surface area contributed by atoms with Gasteiger partial charge in [-0.2, -0.15) is 0 Å². The quantitative estimate of drug-likeness (QED) is 0.717. The van der Waals surface area contributed by atoms with Crippen LogP contribution in [0.1, 0.15) is 22.8 Å². The molecule has 0 saturated heterocycles. The number of hydrogen-bond donors (Lipinski definition) is 1. The summed E-state index contributed by atoms with van der Waals surface area (Å²) >= 11 is 0. The van der Waals surface area contributed by atoms with Crippen molar-refractivity contribution in [2.75, 3.05) is 34.4 Å². The van der Waals surface area contributed by atoms with Gasteiger partial charge in [-0.15, -0.1) is 0 Å². The van der Waals surface area contributed by atoms with Crippen LogP contribution >= 0.6 is 0 Å². The Hall–Kier alpha value is -3.22. The molecule has 2 aromatic carbocycles. The summed E-state index contributed by atoms with van der Waals surface area (Å²) in [6.07, 6.45) is 0. The van der Waals surface area contributed by atoms with Crippen LogP contribution in [-0.2, 0) is 11.3 Å². The Bertz CT molecular complexity index is 805. The average molecular weight is 386 g/mol. The van der Waals surface area contributed by atoms with Gasteiger partial charge in [0.05, 0.1) is 21.3 Å². The lowest BCUT2D eigenvalue weighted by Gasteiger charge is -2.21. The predicted molar refractivity (Wildman–Crippen MR) is 106 cm³/mol. The first-order valence-corrected chi connectivity index (χ1v) is 8.87. The Morgan fingerprint density at radius 3 is 2.18 bits per heavy atom. The predicted octanol–water partition coefficient (Wildman–Crippen LogP) is 2.49. The minimum atomic E-state index is -0.242. The highest BCUT2D eigenvalue weighted by molar-refractivity contribution is 5.94. The summed E-state index contributed by atoms with van der Waals surface area (Å²) in [7, 11) is 4.66. The van der Waals surface area contributed by atoms with Crippen LogP contribution in [0.3, 0.4) is 0 Å². The molecule has 0 aliphatic heterocycles. The third-order valence-electron chi connectivity index (χ3n) is 4.29. The van der Waals surface area contributed by atoms with Crippen molar-refractivity contribution in [3.05, 3.63) is 53.6 Å². The van der Waals surface area contributed by atoms with E-state index in [1.807, 2.05) is 24.3 Å². The highest BCUT2D eigenvalue weighted by Gasteiger charge is 2.13.